The molecule has 1 aliphatic heterocycles. The normalized spacial score (nSPS) is 31.9. The summed E-state index contributed by atoms with van der Waals surface area (Å²) in [7, 11) is 6.46. The summed E-state index contributed by atoms with van der Waals surface area (Å²) in [6.07, 6.45) is -1.95. The van der Waals surface area contributed by atoms with Gasteiger partial charge < -0.3 is 28.4 Å². The van der Waals surface area contributed by atoms with Crippen LogP contribution in [-0.4, -0.2) is 65.8 Å². The van der Waals surface area contributed by atoms with E-state index < -0.39 is 12.4 Å². The van der Waals surface area contributed by atoms with Gasteiger partial charge in [0.25, 0.3) is 0 Å². The van der Waals surface area contributed by atoms with Crippen LogP contribution in [0.1, 0.15) is 0 Å². The van der Waals surface area contributed by atoms with Gasteiger partial charge >= 0.3 is 0 Å². The molecule has 0 amide bonds. The lowest BCUT2D eigenvalue weighted by Gasteiger charge is -2.44. The van der Waals surface area contributed by atoms with Crippen molar-refractivity contribution in [1.82, 2.24) is 0 Å². The zero-order chi connectivity index (χ0) is 15.9. The van der Waals surface area contributed by atoms with Gasteiger partial charge in [0.2, 0.25) is 6.29 Å². The Kier molecular flexibility index (Phi) is 6.60. The number of ether oxygens (including phenoxy) is 6. The molecule has 6 heteroatoms. The first-order valence-corrected chi connectivity index (χ1v) is 7.19. The van der Waals surface area contributed by atoms with E-state index in [2.05, 4.69) is 0 Å². The molecule has 22 heavy (non-hydrogen) atoms. The lowest BCUT2D eigenvalue weighted by molar-refractivity contribution is -0.292. The van der Waals surface area contributed by atoms with Gasteiger partial charge in [-0.25, -0.2) is 0 Å². The lowest BCUT2D eigenvalue weighted by atomic mass is 9.98. The van der Waals surface area contributed by atoms with Gasteiger partial charge in [0.15, 0.2) is 0 Å². The molecule has 0 aliphatic carbocycles. The summed E-state index contributed by atoms with van der Waals surface area (Å²) < 4.78 is 33.8. The molecule has 1 heterocycles. The largest absolute Gasteiger partial charge is 0.462 e. The second-order valence-electron chi connectivity index (χ2n) is 5.03. The van der Waals surface area contributed by atoms with Crippen LogP contribution in [0.3, 0.4) is 0 Å². The van der Waals surface area contributed by atoms with E-state index in [4.69, 9.17) is 28.4 Å². The van der Waals surface area contributed by atoms with E-state index in [0.717, 1.165) is 0 Å². The third-order valence-corrected chi connectivity index (χ3v) is 3.73. The van der Waals surface area contributed by atoms with E-state index in [1.807, 2.05) is 30.3 Å². The zero-order valence-electron chi connectivity index (χ0n) is 13.4. The van der Waals surface area contributed by atoms with Crippen molar-refractivity contribution in [1.29, 1.82) is 0 Å². The van der Waals surface area contributed by atoms with E-state index in [0.29, 0.717) is 12.4 Å². The molecule has 0 saturated carbocycles. The maximum absolute atomic E-state index is 5.99. The Morgan fingerprint density at radius 3 is 2.05 bits per heavy atom. The minimum atomic E-state index is -0.608. The van der Waals surface area contributed by atoms with Gasteiger partial charge in [0, 0.05) is 28.4 Å². The average molecular weight is 312 g/mol. The highest BCUT2D eigenvalue weighted by Crippen LogP contribution is 2.29. The van der Waals surface area contributed by atoms with Crippen LogP contribution in [0.2, 0.25) is 0 Å². The fourth-order valence-electron chi connectivity index (χ4n) is 2.71. The van der Waals surface area contributed by atoms with Crippen molar-refractivity contribution in [2.45, 2.75) is 30.7 Å². The van der Waals surface area contributed by atoms with Crippen LogP contribution in [-0.2, 0) is 23.7 Å². The molecule has 0 spiro atoms. The van der Waals surface area contributed by atoms with Crippen molar-refractivity contribution in [3.8, 4) is 5.75 Å². The molecule has 1 aliphatic rings. The van der Waals surface area contributed by atoms with E-state index >= 15 is 0 Å². The van der Waals surface area contributed by atoms with Gasteiger partial charge in [-0.3, -0.25) is 0 Å². The standard InChI is InChI=1S/C16H24O6/c1-17-10-12-13(18-2)14(19-3)15(20-4)16(22-12)21-11-8-6-5-7-9-11/h5-9,12-16H,10H2,1-4H3/t12-,13-,14+,15-,16+/m1/s1. The molecule has 2 rings (SSSR count). The summed E-state index contributed by atoms with van der Waals surface area (Å²) in [6, 6.07) is 9.46. The number of benzene rings is 1. The van der Waals surface area contributed by atoms with E-state index in [-0.39, 0.29) is 18.3 Å². The van der Waals surface area contributed by atoms with E-state index in [1.54, 1.807) is 28.4 Å². The van der Waals surface area contributed by atoms with Crippen LogP contribution >= 0.6 is 0 Å². The number of hydrogen-bond acceptors (Lipinski definition) is 6. The second kappa shape index (κ2) is 8.45. The summed E-state index contributed by atoms with van der Waals surface area (Å²) in [5.74, 6) is 0.705. The first kappa shape index (κ1) is 17.2. The SMILES string of the molecule is COC[C@H]1O[C@H](Oc2ccccc2)[C@H](OC)[C@@H](OC)[C@@H]1OC. The molecular weight excluding hydrogens is 288 g/mol. The van der Waals surface area contributed by atoms with Gasteiger partial charge in [-0.15, -0.1) is 0 Å². The molecule has 0 aromatic heterocycles. The highest BCUT2D eigenvalue weighted by Gasteiger charge is 2.48. The minimum absolute atomic E-state index is 0.300. The topological polar surface area (TPSA) is 55.4 Å². The predicted octanol–water partition coefficient (Wildman–Crippen LogP) is 1.48. The third-order valence-electron chi connectivity index (χ3n) is 3.73. The molecule has 124 valence electrons. The number of methoxy groups -OCH3 is 4. The number of para-hydroxylation sites is 1. The average Bonchev–Trinajstić information content (AvgIpc) is 2.55. The fraction of sp³-hybridized carbons (Fsp3) is 0.625. The Hall–Kier alpha value is -1.18. The fourth-order valence-corrected chi connectivity index (χ4v) is 2.71. The van der Waals surface area contributed by atoms with Crippen LogP contribution in [0.15, 0.2) is 30.3 Å². The maximum atomic E-state index is 5.99. The Morgan fingerprint density at radius 1 is 0.864 bits per heavy atom. The lowest BCUT2D eigenvalue weighted by Crippen LogP contribution is -2.62. The third kappa shape index (κ3) is 3.77. The molecule has 0 radical (unpaired) electrons. The molecule has 1 aromatic carbocycles. The van der Waals surface area contributed by atoms with Crippen molar-refractivity contribution in [2.24, 2.45) is 0 Å². The minimum Gasteiger partial charge on any atom is -0.462 e. The summed E-state index contributed by atoms with van der Waals surface area (Å²) >= 11 is 0. The van der Waals surface area contributed by atoms with Gasteiger partial charge in [-0.1, -0.05) is 18.2 Å². The van der Waals surface area contributed by atoms with Crippen LogP contribution in [0, 0.1) is 0 Å². The second-order valence-corrected chi connectivity index (χ2v) is 5.03. The Balaban J connectivity index is 2.19. The molecule has 1 fully saturated rings. The quantitative estimate of drug-likeness (QED) is 0.760. The smallest absolute Gasteiger partial charge is 0.229 e. The van der Waals surface area contributed by atoms with Crippen molar-refractivity contribution < 1.29 is 28.4 Å². The highest BCUT2D eigenvalue weighted by atomic mass is 16.7. The van der Waals surface area contributed by atoms with Crippen molar-refractivity contribution in [2.75, 3.05) is 35.0 Å². The highest BCUT2D eigenvalue weighted by molar-refractivity contribution is 5.21. The number of rotatable bonds is 7. The molecule has 1 aromatic rings. The van der Waals surface area contributed by atoms with Crippen molar-refractivity contribution in [3.05, 3.63) is 30.3 Å². The first-order valence-electron chi connectivity index (χ1n) is 7.19. The summed E-state index contributed by atoms with van der Waals surface area (Å²) in [5, 5.41) is 0. The van der Waals surface area contributed by atoms with Crippen molar-refractivity contribution >= 4 is 0 Å². The first-order chi connectivity index (χ1) is 10.7. The van der Waals surface area contributed by atoms with E-state index in [9.17, 15) is 0 Å². The van der Waals surface area contributed by atoms with Crippen LogP contribution < -0.4 is 4.74 Å². The monoisotopic (exact) mass is 312 g/mol. The van der Waals surface area contributed by atoms with Crippen LogP contribution in [0.5, 0.6) is 5.75 Å². The molecule has 0 bridgehead atoms. The van der Waals surface area contributed by atoms with Crippen molar-refractivity contribution in [3.63, 3.8) is 0 Å². The number of hydrogen-bond donors (Lipinski definition) is 0. The molecule has 0 N–H and O–H groups in total. The molecule has 6 nitrogen and oxygen atoms in total. The predicted molar refractivity (Wildman–Crippen MR) is 80.0 cm³/mol. The Bertz CT molecular complexity index is 426. The Labute approximate surface area is 131 Å². The van der Waals surface area contributed by atoms with Gasteiger partial charge in [-0.05, 0) is 12.1 Å². The summed E-state index contributed by atoms with van der Waals surface area (Å²) in [6.45, 7) is 0.378. The summed E-state index contributed by atoms with van der Waals surface area (Å²) in [5.41, 5.74) is 0. The van der Waals surface area contributed by atoms with Gasteiger partial charge in [0.05, 0.1) is 6.61 Å². The maximum Gasteiger partial charge on any atom is 0.229 e. The molecule has 5 atom stereocenters. The van der Waals surface area contributed by atoms with E-state index in [1.165, 1.54) is 0 Å². The molecule has 0 unspecified atom stereocenters. The molecule has 1 saturated heterocycles. The summed E-state index contributed by atoms with van der Waals surface area (Å²) in [4.78, 5) is 0. The molecular formula is C16H24O6. The van der Waals surface area contributed by atoms with Crippen LogP contribution in [0.25, 0.3) is 0 Å². The zero-order valence-corrected chi connectivity index (χ0v) is 13.4. The van der Waals surface area contributed by atoms with Gasteiger partial charge in [-0.2, -0.15) is 0 Å². The van der Waals surface area contributed by atoms with Crippen LogP contribution in [0.4, 0.5) is 0 Å². The van der Waals surface area contributed by atoms with Gasteiger partial charge in [0.1, 0.15) is 30.2 Å². The Morgan fingerprint density at radius 2 is 1.50 bits per heavy atom.